The third-order valence-electron chi connectivity index (χ3n) is 0.853. The highest BCUT2D eigenvalue weighted by atomic mass is 14.8. The van der Waals surface area contributed by atoms with Crippen LogP contribution in [0.2, 0.25) is 0 Å². The summed E-state index contributed by atoms with van der Waals surface area (Å²) in [7, 11) is 0. The van der Waals surface area contributed by atoms with Crippen molar-refractivity contribution in [2.45, 2.75) is 0 Å². The largest absolute Gasteiger partial charge is 0.241 e. The van der Waals surface area contributed by atoms with Crippen LogP contribution in [0.15, 0.2) is 31.1 Å². The number of rotatable bonds is 2. The zero-order valence-electron chi connectivity index (χ0n) is 4.99. The van der Waals surface area contributed by atoms with Gasteiger partial charge in [-0.3, -0.25) is 0 Å². The highest BCUT2D eigenvalue weighted by Crippen LogP contribution is 1.90. The molecular formula is C7H7N2. The van der Waals surface area contributed by atoms with Gasteiger partial charge < -0.3 is 0 Å². The summed E-state index contributed by atoms with van der Waals surface area (Å²) in [6.45, 7) is 3.52. The molecule has 0 spiro atoms. The molecule has 9 heavy (non-hydrogen) atoms. The Balaban J connectivity index is 2.72. The van der Waals surface area contributed by atoms with Crippen molar-refractivity contribution in [1.82, 2.24) is 9.97 Å². The van der Waals surface area contributed by atoms with E-state index in [0.717, 1.165) is 0 Å². The van der Waals surface area contributed by atoms with E-state index in [4.69, 9.17) is 0 Å². The van der Waals surface area contributed by atoms with E-state index in [1.807, 2.05) is 0 Å². The van der Waals surface area contributed by atoms with Gasteiger partial charge in [0, 0.05) is 12.4 Å². The number of nitrogens with zero attached hydrogens (tertiary/aromatic N) is 2. The zero-order chi connectivity index (χ0) is 6.53. The molecule has 0 saturated heterocycles. The Labute approximate surface area is 54.3 Å². The highest BCUT2D eigenvalue weighted by Gasteiger charge is 1.86. The second-order valence-corrected chi connectivity index (χ2v) is 1.51. The molecule has 0 unspecified atom stereocenters. The van der Waals surface area contributed by atoms with E-state index < -0.39 is 0 Å². The average molecular weight is 119 g/mol. The summed E-state index contributed by atoms with van der Waals surface area (Å²) in [5.74, 6) is 0.701. The van der Waals surface area contributed by atoms with E-state index in [0.29, 0.717) is 5.82 Å². The Hall–Kier alpha value is -1.18. The Morgan fingerprint density at radius 1 is 1.33 bits per heavy atom. The smallest absolute Gasteiger partial charge is 0.136 e. The molecule has 1 heterocycles. The maximum absolute atomic E-state index is 3.93. The van der Waals surface area contributed by atoms with Crippen molar-refractivity contribution >= 4 is 0 Å². The van der Waals surface area contributed by atoms with Gasteiger partial charge in [-0.25, -0.2) is 9.97 Å². The lowest BCUT2D eigenvalue weighted by atomic mass is 10.4. The Morgan fingerprint density at radius 3 is 2.56 bits per heavy atom. The van der Waals surface area contributed by atoms with Crippen molar-refractivity contribution in [2.24, 2.45) is 0 Å². The lowest BCUT2D eigenvalue weighted by Gasteiger charge is -1.88. The zero-order valence-corrected chi connectivity index (χ0v) is 4.99. The van der Waals surface area contributed by atoms with Gasteiger partial charge in [-0.2, -0.15) is 0 Å². The second-order valence-electron chi connectivity index (χ2n) is 1.51. The van der Waals surface area contributed by atoms with Gasteiger partial charge in [0.2, 0.25) is 0 Å². The molecule has 1 aromatic rings. The first-order chi connectivity index (χ1) is 4.43. The Bertz CT molecular complexity index is 181. The molecule has 0 amide bonds. The number of allylic oxidation sites excluding steroid dienone is 1. The molecule has 0 aliphatic heterocycles. The standard InChI is InChI=1S/C7H7N2/c1-2-4-7-8-5-3-6-9-7/h2-6H,1H2. The molecule has 0 aliphatic rings. The SMILES string of the molecule is C=C[CH]c1ncccn1. The minimum atomic E-state index is 0.701. The van der Waals surface area contributed by atoms with Gasteiger partial charge in [0.15, 0.2) is 0 Å². The molecule has 0 bridgehead atoms. The summed E-state index contributed by atoms with van der Waals surface area (Å²) in [6.07, 6.45) is 6.81. The molecule has 45 valence electrons. The van der Waals surface area contributed by atoms with Gasteiger partial charge in [-0.05, 0) is 6.07 Å². The maximum Gasteiger partial charge on any atom is 0.136 e. The lowest BCUT2D eigenvalue weighted by molar-refractivity contribution is 1.08. The quantitative estimate of drug-likeness (QED) is 0.584. The molecule has 0 aromatic carbocycles. The topological polar surface area (TPSA) is 25.8 Å². The molecule has 0 aliphatic carbocycles. The van der Waals surface area contributed by atoms with Crippen molar-refractivity contribution in [3.05, 3.63) is 43.4 Å². The Kier molecular flexibility index (Phi) is 1.96. The second kappa shape index (κ2) is 2.97. The first-order valence-corrected chi connectivity index (χ1v) is 2.66. The van der Waals surface area contributed by atoms with E-state index in [1.54, 1.807) is 31.0 Å². The first kappa shape index (κ1) is 5.95. The fraction of sp³-hybridized carbons (Fsp3) is 0. The van der Waals surface area contributed by atoms with Gasteiger partial charge in [0.1, 0.15) is 5.82 Å². The average Bonchev–Trinajstić information content (AvgIpc) is 1.91. The molecule has 1 aromatic heterocycles. The van der Waals surface area contributed by atoms with Crippen molar-refractivity contribution in [2.75, 3.05) is 0 Å². The summed E-state index contributed by atoms with van der Waals surface area (Å²) in [6, 6.07) is 1.78. The minimum Gasteiger partial charge on any atom is -0.241 e. The monoisotopic (exact) mass is 119 g/mol. The number of hydrogen-bond acceptors (Lipinski definition) is 2. The van der Waals surface area contributed by atoms with Crippen LogP contribution in [0.25, 0.3) is 0 Å². The maximum atomic E-state index is 3.93. The first-order valence-electron chi connectivity index (χ1n) is 2.66. The third kappa shape index (κ3) is 1.64. The molecule has 0 saturated carbocycles. The van der Waals surface area contributed by atoms with Crippen LogP contribution in [0.5, 0.6) is 0 Å². The lowest BCUT2D eigenvalue weighted by Crippen LogP contribution is -1.86. The summed E-state index contributed by atoms with van der Waals surface area (Å²) in [5, 5.41) is 0. The van der Waals surface area contributed by atoms with Crippen LogP contribution in [-0.2, 0) is 0 Å². The predicted molar refractivity (Wildman–Crippen MR) is 35.6 cm³/mol. The molecule has 2 nitrogen and oxygen atoms in total. The van der Waals surface area contributed by atoms with E-state index in [9.17, 15) is 0 Å². The molecule has 0 atom stereocenters. The van der Waals surface area contributed by atoms with Crippen molar-refractivity contribution in [3.63, 3.8) is 0 Å². The molecule has 0 N–H and O–H groups in total. The van der Waals surface area contributed by atoms with E-state index in [-0.39, 0.29) is 0 Å². The van der Waals surface area contributed by atoms with E-state index in [1.165, 1.54) is 0 Å². The summed E-state index contributed by atoms with van der Waals surface area (Å²) >= 11 is 0. The van der Waals surface area contributed by atoms with Crippen LogP contribution in [0, 0.1) is 6.42 Å². The van der Waals surface area contributed by atoms with Gasteiger partial charge in [0.05, 0.1) is 6.42 Å². The van der Waals surface area contributed by atoms with Crippen molar-refractivity contribution < 1.29 is 0 Å². The number of aromatic nitrogens is 2. The molecule has 1 radical (unpaired) electrons. The molecule has 0 fully saturated rings. The van der Waals surface area contributed by atoms with Crippen LogP contribution in [0.1, 0.15) is 5.82 Å². The fourth-order valence-corrected chi connectivity index (χ4v) is 0.502. The molecule has 2 heteroatoms. The van der Waals surface area contributed by atoms with Gasteiger partial charge >= 0.3 is 0 Å². The summed E-state index contributed by atoms with van der Waals surface area (Å²) in [4.78, 5) is 7.86. The van der Waals surface area contributed by atoms with Gasteiger partial charge in [-0.1, -0.05) is 6.08 Å². The normalized spacial score (nSPS) is 8.89. The van der Waals surface area contributed by atoms with Crippen molar-refractivity contribution in [3.8, 4) is 0 Å². The third-order valence-corrected chi connectivity index (χ3v) is 0.853. The van der Waals surface area contributed by atoms with Crippen LogP contribution in [0.4, 0.5) is 0 Å². The predicted octanol–water partition coefficient (Wildman–Crippen LogP) is 1.21. The van der Waals surface area contributed by atoms with Gasteiger partial charge in [-0.15, -0.1) is 6.58 Å². The van der Waals surface area contributed by atoms with Crippen molar-refractivity contribution in [1.29, 1.82) is 0 Å². The molecule has 1 rings (SSSR count). The Morgan fingerprint density at radius 2 is 2.00 bits per heavy atom. The summed E-state index contributed by atoms with van der Waals surface area (Å²) in [5.41, 5.74) is 0. The highest BCUT2D eigenvalue weighted by molar-refractivity contribution is 5.09. The van der Waals surface area contributed by atoms with Crippen LogP contribution in [0.3, 0.4) is 0 Å². The molecular weight excluding hydrogens is 112 g/mol. The van der Waals surface area contributed by atoms with Crippen LogP contribution in [-0.4, -0.2) is 9.97 Å². The minimum absolute atomic E-state index is 0.701. The number of hydrogen-bond donors (Lipinski definition) is 0. The van der Waals surface area contributed by atoms with E-state index >= 15 is 0 Å². The van der Waals surface area contributed by atoms with E-state index in [2.05, 4.69) is 16.5 Å². The fourth-order valence-electron chi connectivity index (χ4n) is 0.502. The van der Waals surface area contributed by atoms with Gasteiger partial charge in [0.25, 0.3) is 0 Å². The summed E-state index contributed by atoms with van der Waals surface area (Å²) < 4.78 is 0. The van der Waals surface area contributed by atoms with Crippen LogP contribution < -0.4 is 0 Å². The van der Waals surface area contributed by atoms with Crippen LogP contribution >= 0.6 is 0 Å².